The summed E-state index contributed by atoms with van der Waals surface area (Å²) in [5.74, 6) is -0.394. The molecule has 0 aliphatic carbocycles. The van der Waals surface area contributed by atoms with Crippen LogP contribution in [0.15, 0.2) is 18.2 Å². The molecule has 12 heavy (non-hydrogen) atoms. The van der Waals surface area contributed by atoms with E-state index in [1.807, 2.05) is 0 Å². The average molecular weight is 188 g/mol. The van der Waals surface area contributed by atoms with Crippen molar-refractivity contribution in [3.63, 3.8) is 0 Å². The monoisotopic (exact) mass is 187 g/mol. The maximum atomic E-state index is 12.7. The SMILES string of the molecule is CC[C](O)c1cc(F)ccc1Cl. The van der Waals surface area contributed by atoms with E-state index in [1.165, 1.54) is 18.2 Å². The van der Waals surface area contributed by atoms with E-state index in [0.717, 1.165) is 0 Å². The number of aliphatic hydroxyl groups is 1. The molecule has 0 amide bonds. The molecule has 0 unspecified atom stereocenters. The zero-order chi connectivity index (χ0) is 9.14. The first-order chi connectivity index (χ1) is 5.65. The van der Waals surface area contributed by atoms with E-state index in [0.29, 0.717) is 17.0 Å². The Morgan fingerprint density at radius 1 is 1.58 bits per heavy atom. The first-order valence-electron chi connectivity index (χ1n) is 3.65. The normalized spacial score (nSPS) is 10.8. The Hall–Kier alpha value is -0.600. The van der Waals surface area contributed by atoms with Crippen LogP contribution >= 0.6 is 11.6 Å². The van der Waals surface area contributed by atoms with Crippen LogP contribution in [0, 0.1) is 11.9 Å². The summed E-state index contributed by atoms with van der Waals surface area (Å²) in [5.41, 5.74) is 0.374. The highest BCUT2D eigenvalue weighted by Crippen LogP contribution is 2.24. The van der Waals surface area contributed by atoms with Crippen LogP contribution in [0.5, 0.6) is 0 Å². The van der Waals surface area contributed by atoms with Gasteiger partial charge in [-0.15, -0.1) is 0 Å². The lowest BCUT2D eigenvalue weighted by molar-refractivity contribution is 0.318. The van der Waals surface area contributed by atoms with Gasteiger partial charge in [0.05, 0.1) is 0 Å². The molecule has 0 saturated carbocycles. The van der Waals surface area contributed by atoms with Crippen LogP contribution < -0.4 is 0 Å². The molecule has 0 aliphatic heterocycles. The van der Waals surface area contributed by atoms with Crippen LogP contribution in [0.1, 0.15) is 18.9 Å². The van der Waals surface area contributed by atoms with Crippen molar-refractivity contribution >= 4 is 11.6 Å². The molecule has 3 heteroatoms. The smallest absolute Gasteiger partial charge is 0.124 e. The molecule has 1 nitrogen and oxygen atoms in total. The summed E-state index contributed by atoms with van der Waals surface area (Å²) in [6.45, 7) is 1.77. The highest BCUT2D eigenvalue weighted by atomic mass is 35.5. The van der Waals surface area contributed by atoms with Crippen molar-refractivity contribution < 1.29 is 9.50 Å². The molecule has 0 fully saturated rings. The quantitative estimate of drug-likeness (QED) is 0.754. The minimum atomic E-state index is -0.394. The van der Waals surface area contributed by atoms with Crippen molar-refractivity contribution in [2.24, 2.45) is 0 Å². The van der Waals surface area contributed by atoms with Gasteiger partial charge in [-0.25, -0.2) is 4.39 Å². The van der Waals surface area contributed by atoms with E-state index < -0.39 is 5.82 Å². The van der Waals surface area contributed by atoms with Crippen molar-refractivity contribution in [3.05, 3.63) is 40.7 Å². The maximum Gasteiger partial charge on any atom is 0.124 e. The van der Waals surface area contributed by atoms with Crippen LogP contribution in [0.25, 0.3) is 0 Å². The fourth-order valence-corrected chi connectivity index (χ4v) is 1.14. The Morgan fingerprint density at radius 2 is 2.25 bits per heavy atom. The molecule has 0 aliphatic rings. The van der Waals surface area contributed by atoms with Crippen molar-refractivity contribution in [1.29, 1.82) is 0 Å². The van der Waals surface area contributed by atoms with Gasteiger partial charge in [-0.2, -0.15) is 0 Å². The van der Waals surface area contributed by atoms with E-state index in [-0.39, 0.29) is 6.10 Å². The molecule has 0 saturated heterocycles. The number of hydrogen-bond acceptors (Lipinski definition) is 1. The van der Waals surface area contributed by atoms with Crippen LogP contribution in [0.2, 0.25) is 5.02 Å². The summed E-state index contributed by atoms with van der Waals surface area (Å²) in [4.78, 5) is 0. The van der Waals surface area contributed by atoms with E-state index in [2.05, 4.69) is 0 Å². The average Bonchev–Trinajstić information content (AvgIpc) is 2.08. The highest BCUT2D eigenvalue weighted by molar-refractivity contribution is 6.31. The Bertz CT molecular complexity index is 275. The van der Waals surface area contributed by atoms with Gasteiger partial charge in [0.2, 0.25) is 0 Å². The van der Waals surface area contributed by atoms with Crippen molar-refractivity contribution in [2.45, 2.75) is 13.3 Å². The lowest BCUT2D eigenvalue weighted by Gasteiger charge is -2.08. The minimum absolute atomic E-state index is 0.111. The Morgan fingerprint density at radius 3 is 2.83 bits per heavy atom. The molecule has 65 valence electrons. The third-order valence-corrected chi connectivity index (χ3v) is 1.90. The predicted molar refractivity (Wildman–Crippen MR) is 46.0 cm³/mol. The summed E-state index contributed by atoms with van der Waals surface area (Å²) in [7, 11) is 0. The zero-order valence-electron chi connectivity index (χ0n) is 6.64. The molecule has 0 spiro atoms. The van der Waals surface area contributed by atoms with Gasteiger partial charge in [-0.05, 0) is 24.6 Å². The van der Waals surface area contributed by atoms with E-state index in [1.54, 1.807) is 6.92 Å². The second-order valence-corrected chi connectivity index (χ2v) is 2.83. The summed E-state index contributed by atoms with van der Waals surface area (Å²) >= 11 is 5.72. The summed E-state index contributed by atoms with van der Waals surface area (Å²) in [5, 5.41) is 9.67. The number of halogens is 2. The second-order valence-electron chi connectivity index (χ2n) is 2.42. The van der Waals surface area contributed by atoms with E-state index >= 15 is 0 Å². The molecule has 1 radical (unpaired) electrons. The standard InChI is InChI=1S/C9H9ClFO/c1-2-9(12)7-5-6(11)3-4-8(7)10/h3-5,12H,2H2,1H3. The van der Waals surface area contributed by atoms with E-state index in [9.17, 15) is 9.50 Å². The van der Waals surface area contributed by atoms with Crippen molar-refractivity contribution in [3.8, 4) is 0 Å². The van der Waals surface area contributed by atoms with Crippen molar-refractivity contribution in [1.82, 2.24) is 0 Å². The molecule has 1 rings (SSSR count). The van der Waals surface area contributed by atoms with Gasteiger partial charge in [-0.1, -0.05) is 18.5 Å². The zero-order valence-corrected chi connectivity index (χ0v) is 7.40. The molecule has 0 heterocycles. The summed E-state index contributed by atoms with van der Waals surface area (Å²) < 4.78 is 12.7. The van der Waals surface area contributed by atoms with Crippen molar-refractivity contribution in [2.75, 3.05) is 0 Å². The molecular weight excluding hydrogens is 179 g/mol. The van der Waals surface area contributed by atoms with Gasteiger partial charge in [0.25, 0.3) is 0 Å². The maximum absolute atomic E-state index is 12.7. The molecule has 0 aromatic heterocycles. The molecular formula is C9H9ClFO. The minimum Gasteiger partial charge on any atom is -0.382 e. The van der Waals surface area contributed by atoms with Gasteiger partial charge in [0.15, 0.2) is 0 Å². The fourth-order valence-electron chi connectivity index (χ4n) is 0.909. The van der Waals surface area contributed by atoms with E-state index in [4.69, 9.17) is 11.6 Å². The Balaban J connectivity index is 3.04. The topological polar surface area (TPSA) is 20.2 Å². The number of rotatable bonds is 2. The second kappa shape index (κ2) is 3.87. The number of benzene rings is 1. The van der Waals surface area contributed by atoms with Crippen LogP contribution in [-0.4, -0.2) is 5.11 Å². The summed E-state index contributed by atoms with van der Waals surface area (Å²) in [6.07, 6.45) is 0.558. The predicted octanol–water partition coefficient (Wildman–Crippen LogP) is 3.14. The van der Waals surface area contributed by atoms with Crippen LogP contribution in [-0.2, 0) is 0 Å². The molecule has 1 aromatic rings. The van der Waals surface area contributed by atoms with Gasteiger partial charge >= 0.3 is 0 Å². The third kappa shape index (κ3) is 1.96. The van der Waals surface area contributed by atoms with Gasteiger partial charge in [-0.3, -0.25) is 0 Å². The van der Waals surface area contributed by atoms with Crippen LogP contribution in [0.3, 0.4) is 0 Å². The number of hydrogen-bond donors (Lipinski definition) is 1. The first kappa shape index (κ1) is 9.49. The van der Waals surface area contributed by atoms with Gasteiger partial charge in [0.1, 0.15) is 11.9 Å². The number of aliphatic hydroxyl groups excluding tert-OH is 1. The molecule has 0 atom stereocenters. The lowest BCUT2D eigenvalue weighted by Crippen LogP contribution is -1.97. The van der Waals surface area contributed by atoms with Gasteiger partial charge in [0, 0.05) is 10.6 Å². The lowest BCUT2D eigenvalue weighted by atomic mass is 10.1. The molecule has 0 bridgehead atoms. The summed E-state index contributed by atoms with van der Waals surface area (Å²) in [6, 6.07) is 3.91. The first-order valence-corrected chi connectivity index (χ1v) is 4.03. The largest absolute Gasteiger partial charge is 0.382 e. The third-order valence-electron chi connectivity index (χ3n) is 1.57. The fraction of sp³-hybridized carbons (Fsp3) is 0.222. The Labute approximate surface area is 75.8 Å². The van der Waals surface area contributed by atoms with Crippen LogP contribution in [0.4, 0.5) is 4.39 Å². The van der Waals surface area contributed by atoms with Gasteiger partial charge < -0.3 is 5.11 Å². The Kier molecular flexibility index (Phi) is 3.06. The molecule has 1 aromatic carbocycles. The highest BCUT2D eigenvalue weighted by Gasteiger charge is 2.10. The molecule has 1 N–H and O–H groups in total.